The van der Waals surface area contributed by atoms with Crippen LogP contribution in [0.3, 0.4) is 0 Å². The van der Waals surface area contributed by atoms with E-state index in [0.717, 1.165) is 6.08 Å². The zero-order valence-corrected chi connectivity index (χ0v) is 10.4. The predicted octanol–water partition coefficient (Wildman–Crippen LogP) is 2.45. The molecular weight excluding hydrogens is 308 g/mol. The molecular formula is C11H4Cl2F3O3-. The van der Waals surface area contributed by atoms with E-state index in [1.54, 1.807) is 0 Å². The van der Waals surface area contributed by atoms with Crippen LogP contribution >= 0.6 is 23.2 Å². The molecule has 1 aliphatic heterocycles. The molecule has 1 heterocycles. The van der Waals surface area contributed by atoms with Crippen LogP contribution in [0.1, 0.15) is 5.56 Å². The highest BCUT2D eigenvalue weighted by molar-refractivity contribution is 6.36. The van der Waals surface area contributed by atoms with Crippen molar-refractivity contribution in [1.82, 2.24) is 0 Å². The number of alkyl halides is 3. The fourth-order valence-corrected chi connectivity index (χ4v) is 2.20. The lowest BCUT2D eigenvalue weighted by atomic mass is 10.0. The van der Waals surface area contributed by atoms with E-state index >= 15 is 0 Å². The van der Waals surface area contributed by atoms with E-state index in [1.165, 1.54) is 12.1 Å². The molecule has 1 aliphatic rings. The van der Waals surface area contributed by atoms with Gasteiger partial charge in [-0.25, -0.2) is 0 Å². The Morgan fingerprint density at radius 1 is 1.32 bits per heavy atom. The summed E-state index contributed by atoms with van der Waals surface area (Å²) in [5, 5.41) is 10.8. The topological polar surface area (TPSA) is 49.4 Å². The van der Waals surface area contributed by atoms with Crippen molar-refractivity contribution in [2.75, 3.05) is 0 Å². The molecule has 0 saturated heterocycles. The second kappa shape index (κ2) is 4.61. The van der Waals surface area contributed by atoms with E-state index in [2.05, 4.69) is 4.74 Å². The van der Waals surface area contributed by atoms with Gasteiger partial charge in [-0.05, 0) is 18.2 Å². The Kier molecular flexibility index (Phi) is 3.40. The fraction of sp³-hybridized carbons (Fsp3) is 0.182. The summed E-state index contributed by atoms with van der Waals surface area (Å²) in [6, 6.07) is 2.45. The summed E-state index contributed by atoms with van der Waals surface area (Å²) in [6.07, 6.45) is -6.72. The maximum atomic E-state index is 12.7. The van der Waals surface area contributed by atoms with E-state index < -0.39 is 23.8 Å². The number of halogens is 5. The number of rotatable bonds is 1. The molecule has 0 N–H and O–H groups in total. The standard InChI is InChI=1S/C11H5Cl2F3O3/c12-5-1-4-2-6(10(17)18)9(11(14,15)16)19-8(4)7(13)3-5/h1-3,9H,(H,17,18)/p-1. The van der Waals surface area contributed by atoms with E-state index in [9.17, 15) is 23.1 Å². The Bertz CT molecular complexity index is 581. The zero-order valence-electron chi connectivity index (χ0n) is 8.92. The van der Waals surface area contributed by atoms with Gasteiger partial charge >= 0.3 is 6.18 Å². The molecule has 0 aliphatic carbocycles. The summed E-state index contributed by atoms with van der Waals surface area (Å²) in [5.41, 5.74) is -0.976. The van der Waals surface area contributed by atoms with E-state index in [4.69, 9.17) is 23.2 Å². The minimum atomic E-state index is -4.90. The Labute approximate surface area is 115 Å². The lowest BCUT2D eigenvalue weighted by Gasteiger charge is -2.29. The normalized spacial score (nSPS) is 18.4. The van der Waals surface area contributed by atoms with Crippen LogP contribution in [-0.4, -0.2) is 18.2 Å². The van der Waals surface area contributed by atoms with Gasteiger partial charge in [0.25, 0.3) is 0 Å². The van der Waals surface area contributed by atoms with Crippen LogP contribution < -0.4 is 9.84 Å². The highest BCUT2D eigenvalue weighted by Crippen LogP contribution is 2.41. The number of ether oxygens (including phenoxy) is 1. The van der Waals surface area contributed by atoms with Gasteiger partial charge < -0.3 is 14.6 Å². The number of carboxylic acid groups (broad SMARTS) is 1. The molecule has 2 rings (SSSR count). The van der Waals surface area contributed by atoms with Crippen LogP contribution in [0.2, 0.25) is 10.0 Å². The average Bonchev–Trinajstić information content (AvgIpc) is 2.25. The quantitative estimate of drug-likeness (QED) is 0.800. The molecule has 1 aromatic rings. The Hall–Kier alpha value is -1.40. The Morgan fingerprint density at radius 3 is 2.47 bits per heavy atom. The second-order valence-electron chi connectivity index (χ2n) is 3.73. The molecule has 1 aromatic carbocycles. The average molecular weight is 312 g/mol. The zero-order chi connectivity index (χ0) is 14.4. The smallest absolute Gasteiger partial charge is 0.429 e. The summed E-state index contributed by atoms with van der Waals surface area (Å²) < 4.78 is 42.8. The summed E-state index contributed by atoms with van der Waals surface area (Å²) in [6.45, 7) is 0. The van der Waals surface area contributed by atoms with Gasteiger partial charge in [-0.3, -0.25) is 0 Å². The first-order chi connectivity index (χ1) is 8.70. The first-order valence-electron chi connectivity index (χ1n) is 4.85. The molecule has 0 saturated carbocycles. The van der Waals surface area contributed by atoms with Gasteiger partial charge in [-0.2, -0.15) is 13.2 Å². The van der Waals surface area contributed by atoms with Crippen LogP contribution in [0, 0.1) is 0 Å². The summed E-state index contributed by atoms with van der Waals surface area (Å²) >= 11 is 11.4. The van der Waals surface area contributed by atoms with Crippen LogP contribution in [0.25, 0.3) is 6.08 Å². The molecule has 0 amide bonds. The van der Waals surface area contributed by atoms with Gasteiger partial charge in [0, 0.05) is 16.2 Å². The molecule has 1 atom stereocenters. The Balaban J connectivity index is 2.61. The fourth-order valence-electron chi connectivity index (χ4n) is 1.65. The molecule has 0 fully saturated rings. The van der Waals surface area contributed by atoms with Crippen molar-refractivity contribution >= 4 is 35.2 Å². The van der Waals surface area contributed by atoms with Crippen molar-refractivity contribution in [2.45, 2.75) is 12.3 Å². The van der Waals surface area contributed by atoms with Crippen LogP contribution in [0.5, 0.6) is 5.75 Å². The van der Waals surface area contributed by atoms with Gasteiger partial charge in [0.1, 0.15) is 5.75 Å². The van der Waals surface area contributed by atoms with Crippen LogP contribution in [0.15, 0.2) is 17.7 Å². The molecule has 0 aromatic heterocycles. The van der Waals surface area contributed by atoms with E-state index in [0.29, 0.717) is 0 Å². The third-order valence-electron chi connectivity index (χ3n) is 2.40. The monoisotopic (exact) mass is 311 g/mol. The number of carbonyl (C=O) groups excluding carboxylic acids is 1. The number of aliphatic carboxylic acids is 1. The summed E-state index contributed by atoms with van der Waals surface area (Å²) in [4.78, 5) is 10.8. The number of carboxylic acids is 1. The van der Waals surface area contributed by atoms with Crippen molar-refractivity contribution in [3.8, 4) is 5.75 Å². The maximum absolute atomic E-state index is 12.7. The highest BCUT2D eigenvalue weighted by atomic mass is 35.5. The van der Waals surface area contributed by atoms with Crippen molar-refractivity contribution in [3.05, 3.63) is 33.3 Å². The first-order valence-corrected chi connectivity index (χ1v) is 5.61. The Morgan fingerprint density at radius 2 is 1.95 bits per heavy atom. The predicted molar refractivity (Wildman–Crippen MR) is 59.9 cm³/mol. The second-order valence-corrected chi connectivity index (χ2v) is 4.58. The lowest BCUT2D eigenvalue weighted by Crippen LogP contribution is -2.44. The summed E-state index contributed by atoms with van der Waals surface area (Å²) in [7, 11) is 0. The molecule has 1 unspecified atom stereocenters. The van der Waals surface area contributed by atoms with Gasteiger partial charge in [0.2, 0.25) is 6.10 Å². The van der Waals surface area contributed by atoms with E-state index in [-0.39, 0.29) is 21.4 Å². The number of hydrogen-bond acceptors (Lipinski definition) is 3. The number of carbonyl (C=O) groups is 1. The molecule has 0 spiro atoms. The maximum Gasteiger partial charge on any atom is 0.429 e. The molecule has 102 valence electrons. The van der Waals surface area contributed by atoms with Gasteiger partial charge in [-0.1, -0.05) is 23.2 Å². The van der Waals surface area contributed by atoms with Crippen molar-refractivity contribution in [2.24, 2.45) is 0 Å². The number of hydrogen-bond donors (Lipinski definition) is 0. The lowest BCUT2D eigenvalue weighted by molar-refractivity contribution is -0.302. The molecule has 19 heavy (non-hydrogen) atoms. The van der Waals surface area contributed by atoms with Crippen molar-refractivity contribution in [3.63, 3.8) is 0 Å². The third-order valence-corrected chi connectivity index (χ3v) is 2.90. The minimum absolute atomic E-state index is 0.0530. The SMILES string of the molecule is O=C([O-])C1=Cc2cc(Cl)cc(Cl)c2OC1C(F)(F)F. The highest BCUT2D eigenvalue weighted by Gasteiger charge is 2.46. The third kappa shape index (κ3) is 2.64. The molecule has 8 heteroatoms. The van der Waals surface area contributed by atoms with Crippen LogP contribution in [0.4, 0.5) is 13.2 Å². The largest absolute Gasteiger partial charge is 0.545 e. The molecule has 3 nitrogen and oxygen atoms in total. The number of fused-ring (bicyclic) bond motifs is 1. The molecule has 0 bridgehead atoms. The number of benzene rings is 1. The first kappa shape index (κ1) is 14.0. The van der Waals surface area contributed by atoms with Crippen LogP contribution in [-0.2, 0) is 4.79 Å². The van der Waals surface area contributed by atoms with Crippen molar-refractivity contribution < 1.29 is 27.8 Å². The van der Waals surface area contributed by atoms with Gasteiger partial charge in [0.15, 0.2) is 0 Å². The summed E-state index contributed by atoms with van der Waals surface area (Å²) in [5.74, 6) is -2.23. The van der Waals surface area contributed by atoms with E-state index in [1.807, 2.05) is 0 Å². The molecule has 0 radical (unpaired) electrons. The van der Waals surface area contributed by atoms with Gasteiger partial charge in [0.05, 0.1) is 11.0 Å². The van der Waals surface area contributed by atoms with Gasteiger partial charge in [-0.15, -0.1) is 0 Å². The van der Waals surface area contributed by atoms with Crippen molar-refractivity contribution in [1.29, 1.82) is 0 Å². The minimum Gasteiger partial charge on any atom is -0.545 e.